The zero-order valence-corrected chi connectivity index (χ0v) is 25.9. The van der Waals surface area contributed by atoms with E-state index in [1.54, 1.807) is 30.2 Å². The summed E-state index contributed by atoms with van der Waals surface area (Å²) in [5.74, 6) is -4.25. The molecule has 0 saturated carbocycles. The van der Waals surface area contributed by atoms with Crippen LogP contribution in [0.15, 0.2) is 66.1 Å². The Bertz CT molecular complexity index is 1710. The number of benzene rings is 1. The molecule has 1 saturated heterocycles. The number of esters is 1. The summed E-state index contributed by atoms with van der Waals surface area (Å²) in [7, 11) is 2.95. The zero-order chi connectivity index (χ0) is 32.4. The Kier molecular flexibility index (Phi) is 8.94. The van der Waals surface area contributed by atoms with Gasteiger partial charge in [0, 0.05) is 49.3 Å². The summed E-state index contributed by atoms with van der Waals surface area (Å²) in [6, 6.07) is 7.28. The lowest BCUT2D eigenvalue weighted by Crippen LogP contribution is -2.45. The lowest BCUT2D eigenvalue weighted by atomic mass is 9.82. The summed E-state index contributed by atoms with van der Waals surface area (Å²) in [4.78, 5) is 30.5. The largest absolute Gasteiger partial charge is 0.498 e. The number of ether oxygens (including phenoxy) is 1. The number of carbonyl (C=O) groups is 1. The molecule has 1 aliphatic rings. The van der Waals surface area contributed by atoms with Crippen molar-refractivity contribution in [3.63, 3.8) is 0 Å². The van der Waals surface area contributed by atoms with Crippen LogP contribution < -0.4 is 16.3 Å². The third-order valence-electron chi connectivity index (χ3n) is 8.12. The molecule has 5 rings (SSSR count). The fourth-order valence-electron chi connectivity index (χ4n) is 5.15. The van der Waals surface area contributed by atoms with Gasteiger partial charge in [-0.25, -0.2) is 4.98 Å². The number of nitrogens with zero attached hydrogens (tertiary/aromatic N) is 6. The summed E-state index contributed by atoms with van der Waals surface area (Å²) in [5, 5.41) is 10.8. The minimum absolute atomic E-state index is 0.0713. The number of halogens is 2. The first kappa shape index (κ1) is 32.0. The first-order chi connectivity index (χ1) is 21.3. The fraction of sp³-hybridized carbons (Fsp3) is 0.433. The molecule has 15 heteroatoms. The number of hydrogen-bond donors (Lipinski definition) is 1. The second-order valence-corrected chi connectivity index (χ2v) is 11.8. The highest BCUT2D eigenvalue weighted by Crippen LogP contribution is 2.40. The van der Waals surface area contributed by atoms with E-state index >= 15 is 0 Å². The van der Waals surface area contributed by atoms with Gasteiger partial charge in [0.25, 0.3) is 11.5 Å². The van der Waals surface area contributed by atoms with Gasteiger partial charge in [-0.2, -0.15) is 19.0 Å². The maximum absolute atomic E-state index is 14.8. The van der Waals surface area contributed by atoms with Crippen LogP contribution in [0.4, 0.5) is 14.6 Å². The van der Waals surface area contributed by atoms with Gasteiger partial charge < -0.3 is 19.4 Å². The van der Waals surface area contributed by atoms with Crippen molar-refractivity contribution < 1.29 is 27.6 Å². The van der Waals surface area contributed by atoms with E-state index < -0.39 is 48.9 Å². The van der Waals surface area contributed by atoms with Crippen molar-refractivity contribution in [1.29, 1.82) is 0 Å². The first-order valence-electron chi connectivity index (χ1n) is 14.5. The molecule has 1 aromatic carbocycles. The van der Waals surface area contributed by atoms with Crippen molar-refractivity contribution in [2.75, 3.05) is 18.5 Å². The predicted molar refractivity (Wildman–Crippen MR) is 163 cm³/mol. The van der Waals surface area contributed by atoms with Crippen LogP contribution in [0.25, 0.3) is 11.3 Å². The van der Waals surface area contributed by atoms with Crippen molar-refractivity contribution in [2.45, 2.75) is 57.3 Å². The van der Waals surface area contributed by atoms with Gasteiger partial charge in [0.15, 0.2) is 5.82 Å². The third kappa shape index (κ3) is 6.99. The third-order valence-corrected chi connectivity index (χ3v) is 8.12. The SMILES string of the molecule is Cn1cc(B2OC(C)(C)C(C)(CCCOC(=O)Cn3c(-c4cnn(C)c4)cnc(NCC(F)(F)c4ccccc4)c3=O)O2)cn1. The van der Waals surface area contributed by atoms with Gasteiger partial charge >= 0.3 is 13.1 Å². The monoisotopic (exact) mass is 623 g/mol. The molecular weight excluding hydrogens is 587 g/mol. The normalized spacial score (nSPS) is 17.9. The van der Waals surface area contributed by atoms with Crippen molar-refractivity contribution in [3.8, 4) is 11.3 Å². The summed E-state index contributed by atoms with van der Waals surface area (Å²) in [6.45, 7) is 4.61. The average molecular weight is 623 g/mol. The minimum Gasteiger partial charge on any atom is -0.464 e. The molecular formula is C30H36BF2N7O5. The smallest absolute Gasteiger partial charge is 0.464 e. The van der Waals surface area contributed by atoms with Gasteiger partial charge in [-0.1, -0.05) is 30.3 Å². The molecule has 238 valence electrons. The molecule has 1 aliphatic heterocycles. The van der Waals surface area contributed by atoms with Gasteiger partial charge in [0.2, 0.25) is 0 Å². The van der Waals surface area contributed by atoms with E-state index in [1.807, 2.05) is 34.0 Å². The number of rotatable bonds is 12. The maximum Gasteiger partial charge on any atom is 0.498 e. The Hall–Kier alpha value is -4.37. The van der Waals surface area contributed by atoms with Crippen LogP contribution in [0, 0.1) is 0 Å². The van der Waals surface area contributed by atoms with Gasteiger partial charge in [0.05, 0.1) is 42.4 Å². The fourth-order valence-corrected chi connectivity index (χ4v) is 5.15. The van der Waals surface area contributed by atoms with Crippen molar-refractivity contribution in [3.05, 3.63) is 77.2 Å². The van der Waals surface area contributed by atoms with Crippen LogP contribution in [-0.4, -0.2) is 66.6 Å². The van der Waals surface area contributed by atoms with Crippen LogP contribution in [0.3, 0.4) is 0 Å². The average Bonchev–Trinajstić information content (AvgIpc) is 3.69. The molecule has 3 aromatic heterocycles. The number of alkyl halides is 2. The lowest BCUT2D eigenvalue weighted by molar-refractivity contribution is -0.144. The second kappa shape index (κ2) is 12.6. The molecule has 0 amide bonds. The molecule has 0 radical (unpaired) electrons. The van der Waals surface area contributed by atoms with E-state index in [0.29, 0.717) is 18.4 Å². The molecule has 1 atom stereocenters. The molecule has 1 N–H and O–H groups in total. The number of hydrogen-bond acceptors (Lipinski definition) is 9. The number of aryl methyl sites for hydroxylation is 2. The van der Waals surface area contributed by atoms with Crippen LogP contribution in [-0.2, 0) is 45.4 Å². The minimum atomic E-state index is -3.27. The van der Waals surface area contributed by atoms with Crippen molar-refractivity contribution >= 4 is 24.4 Å². The Morgan fingerprint density at radius 2 is 1.76 bits per heavy atom. The van der Waals surface area contributed by atoms with Gasteiger partial charge in [0.1, 0.15) is 6.54 Å². The van der Waals surface area contributed by atoms with E-state index in [9.17, 15) is 18.4 Å². The topological polar surface area (TPSA) is 127 Å². The van der Waals surface area contributed by atoms with Crippen LogP contribution in [0.1, 0.15) is 39.2 Å². The molecule has 0 bridgehead atoms. The van der Waals surface area contributed by atoms with Crippen LogP contribution in [0.5, 0.6) is 0 Å². The molecule has 0 aliphatic carbocycles. The number of aromatic nitrogens is 6. The maximum atomic E-state index is 14.8. The number of nitrogens with one attached hydrogen (secondary N) is 1. The first-order valence-corrected chi connectivity index (χ1v) is 14.5. The predicted octanol–water partition coefficient (Wildman–Crippen LogP) is 2.88. The van der Waals surface area contributed by atoms with Gasteiger partial charge in [-0.3, -0.25) is 23.5 Å². The van der Waals surface area contributed by atoms with E-state index in [0.717, 1.165) is 10.0 Å². The van der Waals surface area contributed by atoms with Crippen LogP contribution in [0.2, 0.25) is 0 Å². The van der Waals surface area contributed by atoms with Gasteiger partial charge in [-0.15, -0.1) is 0 Å². The summed E-state index contributed by atoms with van der Waals surface area (Å²) in [5.41, 5.74) is -0.618. The standard InChI is InChI=1S/C30H36BF2N7O5/c1-28(2)29(3,45-31(44-28)23-15-37-39(5)18-23)12-9-13-43-25(41)19-40-24(21-14-36-38(4)17-21)16-34-26(27(40)42)35-20-30(32,33)22-10-7-6-8-11-22/h6-8,10-11,14-18H,9,12-13,19-20H2,1-5H3,(H,34,35). The highest BCUT2D eigenvalue weighted by Gasteiger charge is 2.54. The Labute approximate surface area is 259 Å². The van der Waals surface area contributed by atoms with Crippen LogP contribution >= 0.6 is 0 Å². The van der Waals surface area contributed by atoms with E-state index in [2.05, 4.69) is 20.5 Å². The Morgan fingerprint density at radius 1 is 1.04 bits per heavy atom. The molecule has 45 heavy (non-hydrogen) atoms. The highest BCUT2D eigenvalue weighted by atomic mass is 19.3. The Balaban J connectivity index is 1.24. The Morgan fingerprint density at radius 3 is 2.42 bits per heavy atom. The molecule has 1 unspecified atom stereocenters. The second-order valence-electron chi connectivity index (χ2n) is 11.8. The summed E-state index contributed by atoms with van der Waals surface area (Å²) < 4.78 is 51.9. The van der Waals surface area contributed by atoms with E-state index in [1.165, 1.54) is 41.3 Å². The summed E-state index contributed by atoms with van der Waals surface area (Å²) >= 11 is 0. The number of anilines is 1. The molecule has 4 aromatic rings. The molecule has 1 fully saturated rings. The highest BCUT2D eigenvalue weighted by molar-refractivity contribution is 6.62. The quantitative estimate of drug-likeness (QED) is 0.144. The lowest BCUT2D eigenvalue weighted by Gasteiger charge is -2.36. The molecule has 0 spiro atoms. The zero-order valence-electron chi connectivity index (χ0n) is 25.9. The van der Waals surface area contributed by atoms with E-state index in [-0.39, 0.29) is 23.7 Å². The van der Waals surface area contributed by atoms with Gasteiger partial charge in [-0.05, 0) is 33.6 Å². The summed E-state index contributed by atoms with van der Waals surface area (Å²) in [6.07, 6.45) is 9.05. The van der Waals surface area contributed by atoms with E-state index in [4.69, 9.17) is 14.0 Å². The molecule has 12 nitrogen and oxygen atoms in total. The van der Waals surface area contributed by atoms with Crippen molar-refractivity contribution in [2.24, 2.45) is 14.1 Å². The van der Waals surface area contributed by atoms with Crippen molar-refractivity contribution in [1.82, 2.24) is 29.1 Å². The molecule has 4 heterocycles. The number of carbonyl (C=O) groups excluding carboxylic acids is 1.